The van der Waals surface area contributed by atoms with Gasteiger partial charge in [0.1, 0.15) is 5.75 Å². The molecule has 1 aromatic carbocycles. The first-order chi connectivity index (χ1) is 12.1. The molecule has 3 rings (SSSR count). The molecule has 0 bridgehead atoms. The number of nitrogens with one attached hydrogen (secondary N) is 1. The van der Waals surface area contributed by atoms with Crippen LogP contribution in [0.25, 0.3) is 0 Å². The molecule has 0 amide bonds. The van der Waals surface area contributed by atoms with Gasteiger partial charge in [0, 0.05) is 16.8 Å². The normalized spacial score (nSPS) is 17.3. The van der Waals surface area contributed by atoms with E-state index in [-0.39, 0.29) is 10.3 Å². The zero-order valence-corrected chi connectivity index (χ0v) is 16.2. The summed E-state index contributed by atoms with van der Waals surface area (Å²) < 4.78 is 33.7. The van der Waals surface area contributed by atoms with Crippen LogP contribution >= 0.6 is 11.3 Å². The standard InChI is InChI=1S/C19H25NO3S2/c1-2-23-16-8-10-17(11-9-16)25(21,22)20-15-19(12-4-3-5-13-19)18-7-6-14-24-18/h6-11,14,20H,2-5,12-13,15H2,1H3. The first-order valence-corrected chi connectivity index (χ1v) is 11.2. The van der Waals surface area contributed by atoms with E-state index in [2.05, 4.69) is 22.2 Å². The summed E-state index contributed by atoms with van der Waals surface area (Å²) in [5.74, 6) is 0.684. The maximum Gasteiger partial charge on any atom is 0.240 e. The number of hydrogen-bond donors (Lipinski definition) is 1. The Labute approximate surface area is 154 Å². The first kappa shape index (κ1) is 18.4. The van der Waals surface area contributed by atoms with Crippen molar-refractivity contribution in [2.24, 2.45) is 0 Å². The summed E-state index contributed by atoms with van der Waals surface area (Å²) in [6, 6.07) is 10.8. The quantitative estimate of drug-likeness (QED) is 0.779. The number of benzene rings is 1. The van der Waals surface area contributed by atoms with Crippen LogP contribution in [0.5, 0.6) is 5.75 Å². The molecule has 0 radical (unpaired) electrons. The molecule has 25 heavy (non-hydrogen) atoms. The van der Waals surface area contributed by atoms with Gasteiger partial charge < -0.3 is 4.74 Å². The fraction of sp³-hybridized carbons (Fsp3) is 0.474. The second-order valence-corrected chi connectivity index (χ2v) is 9.26. The fourth-order valence-electron chi connectivity index (χ4n) is 3.52. The summed E-state index contributed by atoms with van der Waals surface area (Å²) >= 11 is 1.73. The largest absolute Gasteiger partial charge is 0.494 e. The molecule has 0 atom stereocenters. The van der Waals surface area contributed by atoms with Gasteiger partial charge in [-0.1, -0.05) is 25.3 Å². The average molecular weight is 380 g/mol. The van der Waals surface area contributed by atoms with Crippen LogP contribution < -0.4 is 9.46 Å². The van der Waals surface area contributed by atoms with E-state index in [1.165, 1.54) is 11.3 Å². The van der Waals surface area contributed by atoms with E-state index in [9.17, 15) is 8.42 Å². The third-order valence-corrected chi connectivity index (χ3v) is 7.43. The van der Waals surface area contributed by atoms with E-state index in [4.69, 9.17) is 4.74 Å². The first-order valence-electron chi connectivity index (χ1n) is 8.82. The molecule has 4 nitrogen and oxygen atoms in total. The predicted molar refractivity (Wildman–Crippen MR) is 102 cm³/mol. The second kappa shape index (κ2) is 7.89. The minimum absolute atomic E-state index is 0.0647. The molecule has 1 aliphatic rings. The highest BCUT2D eigenvalue weighted by molar-refractivity contribution is 7.89. The smallest absolute Gasteiger partial charge is 0.240 e. The molecule has 1 heterocycles. The Morgan fingerprint density at radius 2 is 1.84 bits per heavy atom. The van der Waals surface area contributed by atoms with E-state index < -0.39 is 10.0 Å². The topological polar surface area (TPSA) is 55.4 Å². The lowest BCUT2D eigenvalue weighted by molar-refractivity contribution is 0.298. The lowest BCUT2D eigenvalue weighted by Gasteiger charge is -2.36. The Hall–Kier alpha value is -1.37. The summed E-state index contributed by atoms with van der Waals surface area (Å²) in [7, 11) is -3.52. The van der Waals surface area contributed by atoms with Crippen molar-refractivity contribution in [3.05, 3.63) is 46.7 Å². The van der Waals surface area contributed by atoms with Gasteiger partial charge in [-0.05, 0) is 55.5 Å². The van der Waals surface area contributed by atoms with Gasteiger partial charge in [0.2, 0.25) is 10.0 Å². The van der Waals surface area contributed by atoms with Crippen LogP contribution in [0.3, 0.4) is 0 Å². The number of hydrogen-bond acceptors (Lipinski definition) is 4. The minimum Gasteiger partial charge on any atom is -0.494 e. The van der Waals surface area contributed by atoms with Crippen molar-refractivity contribution < 1.29 is 13.2 Å². The Kier molecular flexibility index (Phi) is 5.81. The lowest BCUT2D eigenvalue weighted by atomic mass is 9.73. The molecular formula is C19H25NO3S2. The summed E-state index contributed by atoms with van der Waals surface area (Å²) in [6.07, 6.45) is 5.63. The van der Waals surface area contributed by atoms with Crippen molar-refractivity contribution in [2.45, 2.75) is 49.3 Å². The van der Waals surface area contributed by atoms with Gasteiger partial charge in [-0.15, -0.1) is 11.3 Å². The summed E-state index contributed by atoms with van der Waals surface area (Å²) in [6.45, 7) is 2.93. The predicted octanol–water partition coefficient (Wildman–Crippen LogP) is 4.33. The van der Waals surface area contributed by atoms with Crippen LogP contribution in [0.1, 0.15) is 43.9 Å². The third-order valence-electron chi connectivity index (χ3n) is 4.90. The van der Waals surface area contributed by atoms with E-state index >= 15 is 0 Å². The third kappa shape index (κ3) is 4.25. The molecular weight excluding hydrogens is 354 g/mol. The zero-order chi connectivity index (χ0) is 17.8. The van der Waals surface area contributed by atoms with E-state index in [1.54, 1.807) is 35.6 Å². The molecule has 2 aromatic rings. The molecule has 0 unspecified atom stereocenters. The Morgan fingerprint density at radius 3 is 2.44 bits per heavy atom. The number of ether oxygens (including phenoxy) is 1. The summed E-state index contributed by atoms with van der Waals surface area (Å²) in [5.41, 5.74) is -0.0647. The highest BCUT2D eigenvalue weighted by Gasteiger charge is 2.36. The van der Waals surface area contributed by atoms with Crippen LogP contribution in [-0.2, 0) is 15.4 Å². The van der Waals surface area contributed by atoms with Crippen LogP contribution in [0.4, 0.5) is 0 Å². The summed E-state index contributed by atoms with van der Waals surface area (Å²) in [4.78, 5) is 1.58. The number of rotatable bonds is 7. The van der Waals surface area contributed by atoms with Crippen molar-refractivity contribution in [2.75, 3.05) is 13.2 Å². The SMILES string of the molecule is CCOc1ccc(S(=O)(=O)NCC2(c3cccs3)CCCCC2)cc1. The van der Waals surface area contributed by atoms with Crippen LogP contribution in [0.15, 0.2) is 46.7 Å². The average Bonchev–Trinajstić information content (AvgIpc) is 3.17. The maximum absolute atomic E-state index is 12.7. The Bertz CT molecular complexity index is 762. The fourth-order valence-corrected chi connectivity index (χ4v) is 5.63. The molecule has 1 saturated carbocycles. The molecule has 0 spiro atoms. The molecule has 0 saturated heterocycles. The number of thiophene rings is 1. The lowest BCUT2D eigenvalue weighted by Crippen LogP contribution is -2.41. The monoisotopic (exact) mass is 379 g/mol. The summed E-state index contributed by atoms with van der Waals surface area (Å²) in [5, 5.41) is 2.08. The van der Waals surface area contributed by atoms with Crippen molar-refractivity contribution in [1.82, 2.24) is 4.72 Å². The molecule has 1 aromatic heterocycles. The van der Waals surface area contributed by atoms with Gasteiger partial charge in [-0.2, -0.15) is 0 Å². The Morgan fingerprint density at radius 1 is 1.12 bits per heavy atom. The van der Waals surface area contributed by atoms with Crippen molar-refractivity contribution in [3.8, 4) is 5.75 Å². The molecule has 6 heteroatoms. The van der Waals surface area contributed by atoms with Crippen molar-refractivity contribution in [3.63, 3.8) is 0 Å². The highest BCUT2D eigenvalue weighted by atomic mass is 32.2. The van der Waals surface area contributed by atoms with Crippen LogP contribution in [-0.4, -0.2) is 21.6 Å². The van der Waals surface area contributed by atoms with Gasteiger partial charge in [-0.3, -0.25) is 0 Å². The molecule has 1 fully saturated rings. The van der Waals surface area contributed by atoms with Crippen molar-refractivity contribution in [1.29, 1.82) is 0 Å². The number of sulfonamides is 1. The molecule has 1 N–H and O–H groups in total. The van der Waals surface area contributed by atoms with Gasteiger partial charge in [-0.25, -0.2) is 13.1 Å². The maximum atomic E-state index is 12.7. The second-order valence-electron chi connectivity index (χ2n) is 6.55. The van der Waals surface area contributed by atoms with E-state index in [1.807, 2.05) is 6.92 Å². The van der Waals surface area contributed by atoms with Crippen LogP contribution in [0.2, 0.25) is 0 Å². The van der Waals surface area contributed by atoms with E-state index in [0.29, 0.717) is 18.9 Å². The van der Waals surface area contributed by atoms with Crippen molar-refractivity contribution >= 4 is 21.4 Å². The zero-order valence-electron chi connectivity index (χ0n) is 14.5. The molecule has 136 valence electrons. The molecule has 1 aliphatic carbocycles. The Balaban J connectivity index is 1.75. The highest BCUT2D eigenvalue weighted by Crippen LogP contribution is 2.41. The van der Waals surface area contributed by atoms with Crippen LogP contribution in [0, 0.1) is 0 Å². The minimum atomic E-state index is -3.52. The van der Waals surface area contributed by atoms with Gasteiger partial charge >= 0.3 is 0 Å². The van der Waals surface area contributed by atoms with E-state index in [0.717, 1.165) is 25.7 Å². The van der Waals surface area contributed by atoms with Gasteiger partial charge in [0.15, 0.2) is 0 Å². The van der Waals surface area contributed by atoms with Gasteiger partial charge in [0.05, 0.1) is 11.5 Å². The van der Waals surface area contributed by atoms with Gasteiger partial charge in [0.25, 0.3) is 0 Å². The molecule has 0 aliphatic heterocycles.